The smallest absolute Gasteiger partial charge is 0.290 e. The van der Waals surface area contributed by atoms with Crippen LogP contribution in [0.25, 0.3) is 0 Å². The maximum Gasteiger partial charge on any atom is 0.290 e. The van der Waals surface area contributed by atoms with Crippen molar-refractivity contribution < 1.29 is 19.4 Å². The van der Waals surface area contributed by atoms with E-state index in [1.54, 1.807) is 25.9 Å². The maximum atomic E-state index is 12.6. The number of nitrogens with zero attached hydrogens (tertiary/aromatic N) is 1. The molecule has 0 aromatic heterocycles. The number of benzene rings is 1. The van der Waals surface area contributed by atoms with E-state index in [0.717, 1.165) is 18.4 Å². The van der Waals surface area contributed by atoms with Crippen LogP contribution >= 0.6 is 0 Å². The number of carbonyl (C=O) groups is 2. The van der Waals surface area contributed by atoms with Gasteiger partial charge in [-0.2, -0.15) is 0 Å². The van der Waals surface area contributed by atoms with Crippen LogP contribution in [0.2, 0.25) is 0 Å². The molecule has 5 nitrogen and oxygen atoms in total. The lowest BCUT2D eigenvalue weighted by atomic mass is 9.91. The Morgan fingerprint density at radius 1 is 1.38 bits per heavy atom. The van der Waals surface area contributed by atoms with E-state index in [2.05, 4.69) is 0 Å². The number of ether oxygens (including phenoxy) is 1. The van der Waals surface area contributed by atoms with Crippen molar-refractivity contribution in [3.63, 3.8) is 0 Å². The predicted octanol–water partition coefficient (Wildman–Crippen LogP) is 3.42. The van der Waals surface area contributed by atoms with Gasteiger partial charge in [0.2, 0.25) is 0 Å². The molecule has 130 valence electrons. The summed E-state index contributed by atoms with van der Waals surface area (Å²) < 4.78 is 5.26. The van der Waals surface area contributed by atoms with Crippen LogP contribution < -0.4 is 4.74 Å². The van der Waals surface area contributed by atoms with E-state index in [-0.39, 0.29) is 17.3 Å². The number of ketones is 1. The zero-order chi connectivity index (χ0) is 17.9. The van der Waals surface area contributed by atoms with E-state index < -0.39 is 17.7 Å². The normalized spacial score (nSPS) is 17.8. The zero-order valence-corrected chi connectivity index (χ0v) is 14.7. The third-order valence-corrected chi connectivity index (χ3v) is 4.26. The molecule has 0 fully saturated rings. The van der Waals surface area contributed by atoms with Crippen molar-refractivity contribution >= 4 is 11.7 Å². The van der Waals surface area contributed by atoms with Crippen molar-refractivity contribution in [1.29, 1.82) is 0 Å². The average molecular weight is 331 g/mol. The Labute approximate surface area is 142 Å². The summed E-state index contributed by atoms with van der Waals surface area (Å²) in [5.74, 6) is -0.738. The standard InChI is InChI=1S/C19H25NO4/c1-5-6-10-20-16(13-8-7-9-14(11-13)24-4)15(17(21)12(2)3)18(22)19(20)23/h7-9,11-12,16,22H,5-6,10H2,1-4H3. The second-order valence-corrected chi connectivity index (χ2v) is 6.31. The molecule has 1 aliphatic rings. The Balaban J connectivity index is 2.53. The van der Waals surface area contributed by atoms with Crippen molar-refractivity contribution in [3.8, 4) is 5.75 Å². The topological polar surface area (TPSA) is 66.8 Å². The van der Waals surface area contributed by atoms with Gasteiger partial charge in [-0.25, -0.2) is 0 Å². The lowest BCUT2D eigenvalue weighted by Gasteiger charge is -2.27. The molecule has 24 heavy (non-hydrogen) atoms. The van der Waals surface area contributed by atoms with Gasteiger partial charge in [0.15, 0.2) is 11.5 Å². The van der Waals surface area contributed by atoms with Crippen LogP contribution in [0.3, 0.4) is 0 Å². The van der Waals surface area contributed by atoms with Crippen LogP contribution in [0.5, 0.6) is 5.75 Å². The first-order valence-corrected chi connectivity index (χ1v) is 8.34. The Hall–Kier alpha value is -2.30. The molecule has 0 radical (unpaired) electrons. The summed E-state index contributed by atoms with van der Waals surface area (Å²) in [6.07, 6.45) is 1.73. The minimum atomic E-state index is -0.561. The summed E-state index contributed by atoms with van der Waals surface area (Å²) >= 11 is 0. The number of aliphatic hydroxyl groups excluding tert-OH is 1. The highest BCUT2D eigenvalue weighted by Crippen LogP contribution is 2.39. The fourth-order valence-electron chi connectivity index (χ4n) is 2.93. The summed E-state index contributed by atoms with van der Waals surface area (Å²) in [7, 11) is 1.57. The van der Waals surface area contributed by atoms with Crippen molar-refractivity contribution in [2.45, 2.75) is 39.7 Å². The molecular formula is C19H25NO4. The molecule has 2 rings (SSSR count). The van der Waals surface area contributed by atoms with Gasteiger partial charge in [0.05, 0.1) is 18.7 Å². The summed E-state index contributed by atoms with van der Waals surface area (Å²) in [4.78, 5) is 26.7. The summed E-state index contributed by atoms with van der Waals surface area (Å²) in [5.41, 5.74) is 0.964. The van der Waals surface area contributed by atoms with Crippen LogP contribution in [0.15, 0.2) is 35.6 Å². The molecule has 5 heteroatoms. The quantitative estimate of drug-likeness (QED) is 0.831. The summed E-state index contributed by atoms with van der Waals surface area (Å²) in [5, 5.41) is 10.3. The van der Waals surface area contributed by atoms with Crippen LogP contribution in [-0.2, 0) is 9.59 Å². The highest BCUT2D eigenvalue weighted by molar-refractivity contribution is 6.09. The van der Waals surface area contributed by atoms with Gasteiger partial charge in [-0.3, -0.25) is 9.59 Å². The summed E-state index contributed by atoms with van der Waals surface area (Å²) in [6.45, 7) is 6.07. The largest absolute Gasteiger partial charge is 0.503 e. The zero-order valence-electron chi connectivity index (χ0n) is 14.7. The first-order chi connectivity index (χ1) is 11.4. The SMILES string of the molecule is CCCCN1C(=O)C(O)=C(C(=O)C(C)C)C1c1cccc(OC)c1. The number of rotatable bonds is 7. The van der Waals surface area contributed by atoms with Gasteiger partial charge in [0, 0.05) is 12.5 Å². The van der Waals surface area contributed by atoms with Crippen LogP contribution in [-0.4, -0.2) is 35.4 Å². The molecule has 1 aromatic rings. The fourth-order valence-corrected chi connectivity index (χ4v) is 2.93. The van der Waals surface area contributed by atoms with Crippen molar-refractivity contribution in [2.24, 2.45) is 5.92 Å². The number of Topliss-reactive ketones (excluding diaryl/α,β-unsaturated/α-hetero) is 1. The van der Waals surface area contributed by atoms with Gasteiger partial charge in [-0.15, -0.1) is 0 Å². The van der Waals surface area contributed by atoms with Gasteiger partial charge in [0.1, 0.15) is 5.75 Å². The molecule has 0 bridgehead atoms. The third-order valence-electron chi connectivity index (χ3n) is 4.26. The first-order valence-electron chi connectivity index (χ1n) is 8.34. The third kappa shape index (κ3) is 3.30. The minimum Gasteiger partial charge on any atom is -0.503 e. The highest BCUT2D eigenvalue weighted by Gasteiger charge is 2.43. The molecular weight excluding hydrogens is 306 g/mol. The fraction of sp³-hybridized carbons (Fsp3) is 0.474. The van der Waals surface area contributed by atoms with Gasteiger partial charge in [-0.05, 0) is 24.1 Å². The van der Waals surface area contributed by atoms with E-state index in [0.29, 0.717) is 12.3 Å². The highest BCUT2D eigenvalue weighted by atomic mass is 16.5. The number of methoxy groups -OCH3 is 1. The average Bonchev–Trinajstić information content (AvgIpc) is 2.83. The van der Waals surface area contributed by atoms with Crippen LogP contribution in [0.1, 0.15) is 45.2 Å². The van der Waals surface area contributed by atoms with Crippen LogP contribution in [0, 0.1) is 5.92 Å². The predicted molar refractivity (Wildman–Crippen MR) is 91.9 cm³/mol. The molecule has 1 aliphatic heterocycles. The Kier molecular flexibility index (Phi) is 5.65. The number of amides is 1. The number of carbonyl (C=O) groups excluding carboxylic acids is 2. The van der Waals surface area contributed by atoms with E-state index in [9.17, 15) is 14.7 Å². The van der Waals surface area contributed by atoms with Gasteiger partial charge in [0.25, 0.3) is 5.91 Å². The maximum absolute atomic E-state index is 12.6. The molecule has 1 aromatic carbocycles. The van der Waals surface area contributed by atoms with E-state index in [1.807, 2.05) is 31.2 Å². The monoisotopic (exact) mass is 331 g/mol. The van der Waals surface area contributed by atoms with Crippen molar-refractivity contribution in [2.75, 3.05) is 13.7 Å². The lowest BCUT2D eigenvalue weighted by Crippen LogP contribution is -2.32. The number of aliphatic hydroxyl groups is 1. The van der Waals surface area contributed by atoms with Gasteiger partial charge >= 0.3 is 0 Å². The second kappa shape index (κ2) is 7.51. The Bertz CT molecular complexity index is 663. The molecule has 1 atom stereocenters. The summed E-state index contributed by atoms with van der Waals surface area (Å²) in [6, 6.07) is 6.73. The molecule has 0 saturated heterocycles. The number of hydrogen-bond donors (Lipinski definition) is 1. The lowest BCUT2D eigenvalue weighted by molar-refractivity contribution is -0.129. The van der Waals surface area contributed by atoms with Crippen molar-refractivity contribution in [1.82, 2.24) is 4.90 Å². The van der Waals surface area contributed by atoms with Gasteiger partial charge in [-0.1, -0.05) is 39.3 Å². The first kappa shape index (κ1) is 18.0. The molecule has 1 unspecified atom stereocenters. The van der Waals surface area contributed by atoms with E-state index in [4.69, 9.17) is 4.74 Å². The Morgan fingerprint density at radius 3 is 2.67 bits per heavy atom. The minimum absolute atomic E-state index is 0.194. The molecule has 1 heterocycles. The number of unbranched alkanes of at least 4 members (excludes halogenated alkanes) is 1. The van der Waals surface area contributed by atoms with Crippen LogP contribution in [0.4, 0.5) is 0 Å². The Morgan fingerprint density at radius 2 is 2.08 bits per heavy atom. The molecule has 0 saturated carbocycles. The van der Waals surface area contributed by atoms with Crippen molar-refractivity contribution in [3.05, 3.63) is 41.2 Å². The molecule has 0 spiro atoms. The molecule has 1 N–H and O–H groups in total. The van der Waals surface area contributed by atoms with Gasteiger partial charge < -0.3 is 14.7 Å². The number of hydrogen-bond acceptors (Lipinski definition) is 4. The molecule has 0 aliphatic carbocycles. The van der Waals surface area contributed by atoms with E-state index in [1.165, 1.54) is 0 Å². The van der Waals surface area contributed by atoms with E-state index >= 15 is 0 Å². The molecule has 1 amide bonds. The second-order valence-electron chi connectivity index (χ2n) is 6.31.